The number of hydrogen-bond donors (Lipinski definition) is 0. The van der Waals surface area contributed by atoms with Crippen LogP contribution in [0.1, 0.15) is 22.3 Å². The molecular formula is C61H40N2O. The molecule has 0 amide bonds. The van der Waals surface area contributed by atoms with E-state index >= 15 is 0 Å². The molecule has 0 N–H and O–H groups in total. The first-order chi connectivity index (χ1) is 31.8. The minimum absolute atomic E-state index is 0.549. The van der Waals surface area contributed by atoms with E-state index in [1.807, 2.05) is 0 Å². The Bertz CT molecular complexity index is 3680. The van der Waals surface area contributed by atoms with E-state index in [4.69, 9.17) is 4.42 Å². The monoisotopic (exact) mass is 816 g/mol. The lowest BCUT2D eigenvalue weighted by Gasteiger charge is -2.35. The molecule has 10 aromatic carbocycles. The van der Waals surface area contributed by atoms with Crippen LogP contribution in [0.4, 0.5) is 17.1 Å². The van der Waals surface area contributed by atoms with Crippen molar-refractivity contribution in [2.24, 2.45) is 0 Å². The Labute approximate surface area is 371 Å². The van der Waals surface area contributed by atoms with Crippen molar-refractivity contribution >= 4 is 60.8 Å². The summed E-state index contributed by atoms with van der Waals surface area (Å²) in [5.41, 5.74) is 17.4. The highest BCUT2D eigenvalue weighted by Crippen LogP contribution is 2.57. The number of rotatable bonds is 7. The summed E-state index contributed by atoms with van der Waals surface area (Å²) in [7, 11) is 0. The van der Waals surface area contributed by atoms with E-state index in [2.05, 4.69) is 252 Å². The predicted molar refractivity (Wildman–Crippen MR) is 265 cm³/mol. The molecule has 0 bridgehead atoms. The van der Waals surface area contributed by atoms with Gasteiger partial charge in [0.2, 0.25) is 0 Å². The number of aromatic nitrogens is 1. The molecule has 2 heterocycles. The van der Waals surface area contributed by atoms with Gasteiger partial charge in [0.05, 0.1) is 16.6 Å². The molecular weight excluding hydrogens is 777 g/mol. The highest BCUT2D eigenvalue weighted by Gasteiger charge is 2.46. The van der Waals surface area contributed by atoms with Crippen LogP contribution in [0, 0.1) is 0 Å². The van der Waals surface area contributed by atoms with E-state index in [9.17, 15) is 0 Å². The molecule has 3 nitrogen and oxygen atoms in total. The van der Waals surface area contributed by atoms with Crippen LogP contribution in [0.15, 0.2) is 247 Å². The van der Waals surface area contributed by atoms with Gasteiger partial charge in [-0.1, -0.05) is 182 Å². The number of furan rings is 1. The van der Waals surface area contributed by atoms with E-state index in [1.165, 1.54) is 55.3 Å². The number of fused-ring (bicyclic) bond motifs is 9. The third-order valence-electron chi connectivity index (χ3n) is 13.5. The van der Waals surface area contributed by atoms with E-state index in [1.54, 1.807) is 0 Å². The molecule has 12 aromatic rings. The lowest BCUT2D eigenvalue weighted by molar-refractivity contribution is 0.673. The molecule has 0 atom stereocenters. The highest BCUT2D eigenvalue weighted by atomic mass is 16.3. The molecule has 1 aliphatic carbocycles. The van der Waals surface area contributed by atoms with Gasteiger partial charge >= 0.3 is 0 Å². The maximum Gasteiger partial charge on any atom is 0.161 e. The molecule has 0 spiro atoms. The SMILES string of the molecule is c1ccc(-n2c3ccccc3c3oc4c(N(c5ccc(-c6cccc7ccccc67)cc5)c5cccc(C6(c7ccccc7)c7ccccc7-c7ccccc76)c5)cccc4c32)cc1. The molecule has 1 aliphatic rings. The highest BCUT2D eigenvalue weighted by molar-refractivity contribution is 6.18. The van der Waals surface area contributed by atoms with Crippen LogP contribution in [0.5, 0.6) is 0 Å². The number of anilines is 3. The van der Waals surface area contributed by atoms with Crippen LogP contribution in [0.2, 0.25) is 0 Å². The molecule has 300 valence electrons. The summed E-state index contributed by atoms with van der Waals surface area (Å²) in [5, 5.41) is 4.61. The number of benzene rings is 10. The molecule has 0 radical (unpaired) electrons. The van der Waals surface area contributed by atoms with Gasteiger partial charge in [0, 0.05) is 27.8 Å². The van der Waals surface area contributed by atoms with Gasteiger partial charge in [0.25, 0.3) is 0 Å². The third-order valence-corrected chi connectivity index (χ3v) is 13.5. The van der Waals surface area contributed by atoms with E-state index in [0.29, 0.717) is 0 Å². The van der Waals surface area contributed by atoms with E-state index in [-0.39, 0.29) is 0 Å². The van der Waals surface area contributed by atoms with E-state index in [0.717, 1.165) is 55.7 Å². The second-order valence-corrected chi connectivity index (χ2v) is 16.8. The maximum absolute atomic E-state index is 7.21. The van der Waals surface area contributed by atoms with E-state index < -0.39 is 5.41 Å². The van der Waals surface area contributed by atoms with Crippen molar-refractivity contribution in [3.8, 4) is 27.9 Å². The largest absolute Gasteiger partial charge is 0.451 e. The summed E-state index contributed by atoms with van der Waals surface area (Å²) in [5.74, 6) is 0. The molecule has 64 heavy (non-hydrogen) atoms. The normalized spacial score (nSPS) is 12.8. The predicted octanol–water partition coefficient (Wildman–Crippen LogP) is 16.2. The summed E-state index contributed by atoms with van der Waals surface area (Å²) in [4.78, 5) is 2.39. The van der Waals surface area contributed by atoms with Gasteiger partial charge in [-0.15, -0.1) is 0 Å². The van der Waals surface area contributed by atoms with Gasteiger partial charge in [-0.3, -0.25) is 0 Å². The molecule has 0 aliphatic heterocycles. The lowest BCUT2D eigenvalue weighted by atomic mass is 9.67. The van der Waals surface area contributed by atoms with Crippen LogP contribution in [0.3, 0.4) is 0 Å². The molecule has 0 unspecified atom stereocenters. The summed E-state index contributed by atoms with van der Waals surface area (Å²) in [6.45, 7) is 0. The van der Waals surface area contributed by atoms with Crippen molar-refractivity contribution < 1.29 is 4.42 Å². The minimum atomic E-state index is -0.549. The van der Waals surface area contributed by atoms with Crippen molar-refractivity contribution in [1.29, 1.82) is 0 Å². The van der Waals surface area contributed by atoms with Crippen LogP contribution < -0.4 is 4.90 Å². The van der Waals surface area contributed by atoms with Crippen molar-refractivity contribution in [2.75, 3.05) is 4.90 Å². The Morgan fingerprint density at radius 2 is 0.969 bits per heavy atom. The van der Waals surface area contributed by atoms with Crippen molar-refractivity contribution in [3.63, 3.8) is 0 Å². The van der Waals surface area contributed by atoms with Crippen LogP contribution >= 0.6 is 0 Å². The van der Waals surface area contributed by atoms with Crippen LogP contribution in [-0.2, 0) is 5.41 Å². The number of nitrogens with zero attached hydrogens (tertiary/aromatic N) is 2. The third kappa shape index (κ3) is 5.28. The van der Waals surface area contributed by atoms with Gasteiger partial charge in [-0.25, -0.2) is 0 Å². The molecule has 0 saturated carbocycles. The molecule has 0 saturated heterocycles. The molecule has 3 heteroatoms. The standard InChI is InChI=1S/C61H40N2O/c1-3-20-43(21-4-1)61(54-32-12-9-27-50(54)51-28-10-13-33-55(51)61)44-22-16-25-47(40-44)62(46-38-36-42(37-39-46)49-30-15-19-41-18-7-8-26-48(41)49)57-35-17-31-53-58-60(64-59(53)57)52-29-11-14-34-56(52)63(58)45-23-5-2-6-24-45/h1-40H. The van der Waals surface area contributed by atoms with Gasteiger partial charge in [-0.05, 0) is 116 Å². The average molecular weight is 817 g/mol. The quantitative estimate of drug-likeness (QED) is 0.160. The molecule has 13 rings (SSSR count). The topological polar surface area (TPSA) is 21.3 Å². The fourth-order valence-electron chi connectivity index (χ4n) is 10.8. The van der Waals surface area contributed by atoms with Crippen molar-refractivity contribution in [3.05, 3.63) is 265 Å². The zero-order valence-electron chi connectivity index (χ0n) is 34.9. The molecule has 0 fully saturated rings. The van der Waals surface area contributed by atoms with Gasteiger partial charge < -0.3 is 13.9 Å². The summed E-state index contributed by atoms with van der Waals surface area (Å²) < 4.78 is 9.56. The Balaban J connectivity index is 1.07. The smallest absolute Gasteiger partial charge is 0.161 e. The fourth-order valence-corrected chi connectivity index (χ4v) is 10.8. The summed E-state index contributed by atoms with van der Waals surface area (Å²) in [6, 6.07) is 88.1. The zero-order valence-corrected chi connectivity index (χ0v) is 34.9. The summed E-state index contributed by atoms with van der Waals surface area (Å²) in [6.07, 6.45) is 0. The summed E-state index contributed by atoms with van der Waals surface area (Å²) >= 11 is 0. The van der Waals surface area contributed by atoms with Gasteiger partial charge in [0.1, 0.15) is 5.52 Å². The zero-order chi connectivity index (χ0) is 42.2. The first-order valence-corrected chi connectivity index (χ1v) is 22.0. The van der Waals surface area contributed by atoms with Crippen molar-refractivity contribution in [2.45, 2.75) is 5.41 Å². The van der Waals surface area contributed by atoms with Gasteiger partial charge in [0.15, 0.2) is 11.2 Å². The second kappa shape index (κ2) is 14.3. The Hall–Kier alpha value is -8.40. The fraction of sp³-hybridized carbons (Fsp3) is 0.0164. The second-order valence-electron chi connectivity index (χ2n) is 16.8. The first-order valence-electron chi connectivity index (χ1n) is 22.0. The van der Waals surface area contributed by atoms with Gasteiger partial charge in [-0.2, -0.15) is 0 Å². The van der Waals surface area contributed by atoms with Crippen molar-refractivity contribution in [1.82, 2.24) is 4.57 Å². The maximum atomic E-state index is 7.21. The first kappa shape index (κ1) is 36.3. The Kier molecular flexibility index (Phi) is 8.13. The number of para-hydroxylation sites is 3. The number of hydrogen-bond acceptors (Lipinski definition) is 2. The average Bonchev–Trinajstić information content (AvgIpc) is 4.01. The van der Waals surface area contributed by atoms with Crippen LogP contribution in [0.25, 0.3) is 71.7 Å². The Morgan fingerprint density at radius 1 is 0.391 bits per heavy atom. The minimum Gasteiger partial charge on any atom is -0.451 e. The molecule has 2 aromatic heterocycles. The lowest BCUT2D eigenvalue weighted by Crippen LogP contribution is -2.28. The van der Waals surface area contributed by atoms with Crippen LogP contribution in [-0.4, -0.2) is 4.57 Å². The Morgan fingerprint density at radius 3 is 1.75 bits per heavy atom.